The zero-order valence-electron chi connectivity index (χ0n) is 22.6. The number of ether oxygens (including phenoxy) is 1. The molecule has 10 heteroatoms. The lowest BCUT2D eigenvalue weighted by atomic mass is 9.96. The minimum atomic E-state index is -0.908. The van der Waals surface area contributed by atoms with E-state index in [1.165, 1.54) is 34.8 Å². The molecule has 0 radical (unpaired) electrons. The van der Waals surface area contributed by atoms with Crippen LogP contribution in [0.3, 0.4) is 0 Å². The molecular weight excluding hydrogens is 488 g/mol. The standard InChI is InChI=1S/C28H38N4O6/c1-5-20(6-2)13-14-22(33)18-32-15-9-10-21(28(32)37)16-25(34)23(11-7-8-12-26(35)38-4)30-27(36)24-17-29-19-31(24)3/h8-10,12,15,17,19-20,23H,5-7,11,13-14,16,18H2,1-4H3,(H,30,36)/b12-8+/t23-/m1/s1. The smallest absolute Gasteiger partial charge is 0.330 e. The highest BCUT2D eigenvalue weighted by atomic mass is 16.5. The molecule has 206 valence electrons. The molecule has 0 saturated heterocycles. The van der Waals surface area contributed by atoms with Crippen molar-refractivity contribution in [3.8, 4) is 0 Å². The first kappa shape index (κ1) is 30.4. The van der Waals surface area contributed by atoms with Crippen molar-refractivity contribution in [2.45, 2.75) is 71.4 Å². The third-order valence-electron chi connectivity index (χ3n) is 6.62. The van der Waals surface area contributed by atoms with Crippen LogP contribution in [0.2, 0.25) is 0 Å². The Bertz CT molecular complexity index is 1190. The maximum atomic E-state index is 13.2. The number of imidazole rings is 1. The number of nitrogens with one attached hydrogen (secondary N) is 1. The maximum absolute atomic E-state index is 13.2. The molecule has 0 saturated carbocycles. The van der Waals surface area contributed by atoms with Gasteiger partial charge in [-0.25, -0.2) is 9.78 Å². The molecular formula is C28H38N4O6. The third-order valence-corrected chi connectivity index (χ3v) is 6.62. The number of allylic oxidation sites excluding steroid dienone is 1. The van der Waals surface area contributed by atoms with E-state index in [1.54, 1.807) is 31.5 Å². The lowest BCUT2D eigenvalue weighted by molar-refractivity contribution is -0.134. The number of pyridine rings is 1. The summed E-state index contributed by atoms with van der Waals surface area (Å²) in [6.07, 6.45) is 10.8. The van der Waals surface area contributed by atoms with Crippen molar-refractivity contribution in [1.29, 1.82) is 0 Å². The molecule has 10 nitrogen and oxygen atoms in total. The summed E-state index contributed by atoms with van der Waals surface area (Å²) in [5.41, 5.74) is 0.121. The number of aryl methyl sites for hydroxylation is 1. The largest absolute Gasteiger partial charge is 0.466 e. The van der Waals surface area contributed by atoms with Crippen LogP contribution in [-0.2, 0) is 39.1 Å². The quantitative estimate of drug-likeness (QED) is 0.263. The molecule has 0 aliphatic rings. The van der Waals surface area contributed by atoms with Crippen molar-refractivity contribution in [3.63, 3.8) is 0 Å². The number of methoxy groups -OCH3 is 1. The van der Waals surface area contributed by atoms with Gasteiger partial charge in [-0.2, -0.15) is 0 Å². The summed E-state index contributed by atoms with van der Waals surface area (Å²) >= 11 is 0. The number of rotatable bonds is 16. The molecule has 0 aromatic carbocycles. The summed E-state index contributed by atoms with van der Waals surface area (Å²) in [5, 5.41) is 2.72. The minimum Gasteiger partial charge on any atom is -0.466 e. The zero-order chi connectivity index (χ0) is 28.1. The highest BCUT2D eigenvalue weighted by molar-refractivity contribution is 5.97. The first-order chi connectivity index (χ1) is 18.2. The van der Waals surface area contributed by atoms with Gasteiger partial charge in [-0.3, -0.25) is 19.2 Å². The first-order valence-corrected chi connectivity index (χ1v) is 12.9. The Kier molecular flexibility index (Phi) is 12.4. The van der Waals surface area contributed by atoms with Gasteiger partial charge < -0.3 is 19.2 Å². The molecule has 1 amide bonds. The van der Waals surface area contributed by atoms with E-state index in [1.807, 2.05) is 0 Å². The van der Waals surface area contributed by atoms with Crippen LogP contribution >= 0.6 is 0 Å². The van der Waals surface area contributed by atoms with E-state index in [2.05, 4.69) is 28.9 Å². The Morgan fingerprint density at radius 3 is 2.53 bits per heavy atom. The van der Waals surface area contributed by atoms with Gasteiger partial charge in [-0.15, -0.1) is 0 Å². The summed E-state index contributed by atoms with van der Waals surface area (Å²) in [6.45, 7) is 4.16. The molecule has 38 heavy (non-hydrogen) atoms. The minimum absolute atomic E-state index is 0.0267. The fourth-order valence-electron chi connectivity index (χ4n) is 4.12. The molecule has 2 aromatic heterocycles. The molecule has 0 unspecified atom stereocenters. The second kappa shape index (κ2) is 15.4. The van der Waals surface area contributed by atoms with Crippen molar-refractivity contribution in [2.24, 2.45) is 13.0 Å². The topological polar surface area (TPSA) is 129 Å². The summed E-state index contributed by atoms with van der Waals surface area (Å²) in [6, 6.07) is 2.29. The van der Waals surface area contributed by atoms with Crippen LogP contribution in [-0.4, -0.2) is 50.7 Å². The predicted octanol–water partition coefficient (Wildman–Crippen LogP) is 2.79. The molecule has 1 N–H and O–H groups in total. The third kappa shape index (κ3) is 9.24. The first-order valence-electron chi connectivity index (χ1n) is 12.9. The van der Waals surface area contributed by atoms with Crippen LogP contribution in [0.4, 0.5) is 0 Å². The molecule has 2 aromatic rings. The lowest BCUT2D eigenvalue weighted by Gasteiger charge is -2.17. The number of aromatic nitrogens is 3. The predicted molar refractivity (Wildman–Crippen MR) is 143 cm³/mol. The van der Waals surface area contributed by atoms with Gasteiger partial charge in [0.25, 0.3) is 11.5 Å². The molecule has 0 fully saturated rings. The van der Waals surface area contributed by atoms with E-state index in [9.17, 15) is 24.0 Å². The molecule has 0 aliphatic carbocycles. The second-order valence-corrected chi connectivity index (χ2v) is 9.29. The second-order valence-electron chi connectivity index (χ2n) is 9.29. The number of amides is 1. The number of ketones is 2. The molecule has 0 spiro atoms. The number of carbonyl (C=O) groups is 4. The highest BCUT2D eigenvalue weighted by Crippen LogP contribution is 2.15. The number of nitrogens with zero attached hydrogens (tertiary/aromatic N) is 3. The van der Waals surface area contributed by atoms with Crippen molar-refractivity contribution >= 4 is 23.4 Å². The van der Waals surface area contributed by atoms with E-state index >= 15 is 0 Å². The molecule has 2 rings (SSSR count). The number of Topliss-reactive ketones (excluding diaryl/α,β-unsaturated/α-hetero) is 2. The number of hydrogen-bond donors (Lipinski definition) is 1. The van der Waals surface area contributed by atoms with Gasteiger partial charge in [0.15, 0.2) is 11.6 Å². The number of carbonyl (C=O) groups excluding carboxylic acids is 4. The molecule has 0 aliphatic heterocycles. The van der Waals surface area contributed by atoms with Crippen LogP contribution in [0.5, 0.6) is 0 Å². The summed E-state index contributed by atoms with van der Waals surface area (Å²) in [7, 11) is 2.93. The van der Waals surface area contributed by atoms with Gasteiger partial charge in [0.2, 0.25) is 0 Å². The molecule has 2 heterocycles. The summed E-state index contributed by atoms with van der Waals surface area (Å²) in [5.74, 6) is -0.899. The van der Waals surface area contributed by atoms with Crippen LogP contribution in [0.15, 0.2) is 47.8 Å². The molecule has 1 atom stereocenters. The van der Waals surface area contributed by atoms with Gasteiger partial charge >= 0.3 is 5.97 Å². The average Bonchev–Trinajstić information content (AvgIpc) is 3.34. The monoisotopic (exact) mass is 526 g/mol. The Morgan fingerprint density at radius 2 is 1.89 bits per heavy atom. The van der Waals surface area contributed by atoms with Gasteiger partial charge in [0, 0.05) is 37.7 Å². The Hall–Kier alpha value is -3.82. The Morgan fingerprint density at radius 1 is 1.16 bits per heavy atom. The highest BCUT2D eigenvalue weighted by Gasteiger charge is 2.23. The van der Waals surface area contributed by atoms with Crippen LogP contribution in [0.1, 0.15) is 68.4 Å². The summed E-state index contributed by atoms with van der Waals surface area (Å²) in [4.78, 5) is 66.8. The lowest BCUT2D eigenvalue weighted by Crippen LogP contribution is -2.42. The Labute approximate surface area is 223 Å². The van der Waals surface area contributed by atoms with Crippen LogP contribution in [0, 0.1) is 5.92 Å². The fraction of sp³-hybridized carbons (Fsp3) is 0.500. The summed E-state index contributed by atoms with van der Waals surface area (Å²) < 4.78 is 7.43. The molecule has 0 bridgehead atoms. The van der Waals surface area contributed by atoms with E-state index in [0.717, 1.165) is 19.3 Å². The number of hydrogen-bond acceptors (Lipinski definition) is 7. The van der Waals surface area contributed by atoms with Crippen LogP contribution < -0.4 is 10.9 Å². The number of esters is 1. The van der Waals surface area contributed by atoms with Gasteiger partial charge in [-0.05, 0) is 31.2 Å². The van der Waals surface area contributed by atoms with Gasteiger partial charge in [-0.1, -0.05) is 38.8 Å². The van der Waals surface area contributed by atoms with Gasteiger partial charge in [0.1, 0.15) is 5.69 Å². The SMILES string of the molecule is CCC(CC)CCC(=O)Cn1cccc(CC(=O)[C@@H](CC/C=C/C(=O)OC)NC(=O)c2cncn2C)c1=O. The van der Waals surface area contributed by atoms with E-state index in [-0.39, 0.29) is 42.2 Å². The maximum Gasteiger partial charge on any atom is 0.330 e. The van der Waals surface area contributed by atoms with Crippen molar-refractivity contribution < 1.29 is 23.9 Å². The average molecular weight is 527 g/mol. The van der Waals surface area contributed by atoms with Gasteiger partial charge in [0.05, 0.1) is 32.2 Å². The van der Waals surface area contributed by atoms with Crippen molar-refractivity contribution in [1.82, 2.24) is 19.4 Å². The zero-order valence-corrected chi connectivity index (χ0v) is 22.6. The van der Waals surface area contributed by atoms with E-state index in [0.29, 0.717) is 18.8 Å². The fourth-order valence-corrected chi connectivity index (χ4v) is 4.12. The van der Waals surface area contributed by atoms with E-state index < -0.39 is 23.5 Å². The normalized spacial score (nSPS) is 12.0. The van der Waals surface area contributed by atoms with Crippen LogP contribution in [0.25, 0.3) is 0 Å². The van der Waals surface area contributed by atoms with E-state index in [4.69, 9.17) is 0 Å². The Balaban J connectivity index is 2.13. The van der Waals surface area contributed by atoms with Crippen molar-refractivity contribution in [3.05, 3.63) is 64.6 Å². The van der Waals surface area contributed by atoms with Crippen molar-refractivity contribution in [2.75, 3.05) is 7.11 Å².